The van der Waals surface area contributed by atoms with E-state index in [1.165, 1.54) is 4.90 Å². The van der Waals surface area contributed by atoms with Gasteiger partial charge in [-0.25, -0.2) is 0 Å². The number of carbonyl (C=O) groups is 2. The minimum Gasteiger partial charge on any atom is -0.467 e. The summed E-state index contributed by atoms with van der Waals surface area (Å²) in [5.74, 6) is 0.219. The third kappa shape index (κ3) is 4.85. The van der Waals surface area contributed by atoms with Gasteiger partial charge in [-0.1, -0.05) is 43.3 Å². The fraction of sp³-hybridized carbons (Fsp3) is 0.227. The molecule has 1 N–H and O–H groups in total. The van der Waals surface area contributed by atoms with Crippen LogP contribution in [0.1, 0.15) is 36.3 Å². The van der Waals surface area contributed by atoms with Crippen LogP contribution < -0.4 is 5.32 Å². The largest absolute Gasteiger partial charge is 0.467 e. The predicted octanol–water partition coefficient (Wildman–Crippen LogP) is 3.47. The van der Waals surface area contributed by atoms with Crippen LogP contribution in [0.15, 0.2) is 77.7 Å². The van der Waals surface area contributed by atoms with Crippen molar-refractivity contribution in [3.63, 3.8) is 0 Å². The van der Waals surface area contributed by atoms with Gasteiger partial charge in [-0.3, -0.25) is 14.6 Å². The maximum atomic E-state index is 13.1. The molecule has 0 fully saturated rings. The first-order valence-electron chi connectivity index (χ1n) is 9.22. The summed E-state index contributed by atoms with van der Waals surface area (Å²) < 4.78 is 5.41. The van der Waals surface area contributed by atoms with Gasteiger partial charge < -0.3 is 14.6 Å². The number of hydrogen-bond acceptors (Lipinski definition) is 4. The van der Waals surface area contributed by atoms with E-state index in [1.54, 1.807) is 49.8 Å². The Hall–Kier alpha value is -3.41. The summed E-state index contributed by atoms with van der Waals surface area (Å²) in [4.78, 5) is 31.5. The summed E-state index contributed by atoms with van der Waals surface area (Å²) in [5, 5.41) is 2.95. The monoisotopic (exact) mass is 377 g/mol. The second kappa shape index (κ2) is 9.50. The highest BCUT2D eigenvalue weighted by molar-refractivity contribution is 5.88. The van der Waals surface area contributed by atoms with E-state index in [0.717, 1.165) is 5.56 Å². The number of furan rings is 1. The quantitative estimate of drug-likeness (QED) is 0.652. The minimum atomic E-state index is -0.796. The lowest BCUT2D eigenvalue weighted by Crippen LogP contribution is -2.43. The smallest absolute Gasteiger partial charge is 0.247 e. The van der Waals surface area contributed by atoms with Gasteiger partial charge in [-0.05, 0) is 23.8 Å². The van der Waals surface area contributed by atoms with Crippen LogP contribution in [0.2, 0.25) is 0 Å². The van der Waals surface area contributed by atoms with Crippen LogP contribution in [0, 0.1) is 0 Å². The molecule has 0 saturated heterocycles. The Balaban J connectivity index is 1.87. The van der Waals surface area contributed by atoms with Gasteiger partial charge in [0.05, 0.1) is 12.8 Å². The summed E-state index contributed by atoms with van der Waals surface area (Å²) in [6.07, 6.45) is 5.09. The first-order valence-corrected chi connectivity index (χ1v) is 9.22. The van der Waals surface area contributed by atoms with Crippen LogP contribution in [0.3, 0.4) is 0 Å². The lowest BCUT2D eigenvalue weighted by Gasteiger charge is -2.30. The second-order valence-electron chi connectivity index (χ2n) is 6.35. The summed E-state index contributed by atoms with van der Waals surface area (Å²) >= 11 is 0. The number of aromatic nitrogens is 1. The fourth-order valence-corrected chi connectivity index (χ4v) is 2.99. The molecule has 0 radical (unpaired) electrons. The van der Waals surface area contributed by atoms with Gasteiger partial charge >= 0.3 is 0 Å². The number of nitrogens with one attached hydrogen (secondary N) is 1. The average Bonchev–Trinajstić information content (AvgIpc) is 3.26. The third-order valence-corrected chi connectivity index (χ3v) is 4.40. The number of rotatable bonds is 8. The maximum absolute atomic E-state index is 13.1. The van der Waals surface area contributed by atoms with E-state index in [-0.39, 0.29) is 24.8 Å². The second-order valence-corrected chi connectivity index (χ2v) is 6.35. The van der Waals surface area contributed by atoms with Crippen molar-refractivity contribution >= 4 is 11.8 Å². The summed E-state index contributed by atoms with van der Waals surface area (Å²) in [6.45, 7) is 2.36. The van der Waals surface area contributed by atoms with Crippen molar-refractivity contribution in [3.8, 4) is 0 Å². The molecule has 0 aliphatic rings. The fourth-order valence-electron chi connectivity index (χ4n) is 2.99. The Labute approximate surface area is 164 Å². The van der Waals surface area contributed by atoms with E-state index in [9.17, 15) is 9.59 Å². The van der Waals surface area contributed by atoms with E-state index < -0.39 is 6.04 Å². The van der Waals surface area contributed by atoms with Crippen molar-refractivity contribution < 1.29 is 14.0 Å². The SMILES string of the molecule is CCC(=O)N(Cc1ccco1)C(C(=O)NCc1ccccc1)c1cccnc1. The van der Waals surface area contributed by atoms with Crippen molar-refractivity contribution in [1.29, 1.82) is 0 Å². The van der Waals surface area contributed by atoms with E-state index in [4.69, 9.17) is 4.42 Å². The highest BCUT2D eigenvalue weighted by Gasteiger charge is 2.31. The average molecular weight is 377 g/mol. The predicted molar refractivity (Wildman–Crippen MR) is 105 cm³/mol. The molecular formula is C22H23N3O3. The molecule has 144 valence electrons. The Morgan fingerprint density at radius 3 is 2.57 bits per heavy atom. The molecule has 3 aromatic rings. The van der Waals surface area contributed by atoms with Crippen molar-refractivity contribution in [2.75, 3.05) is 0 Å². The number of amides is 2. The zero-order valence-corrected chi connectivity index (χ0v) is 15.7. The zero-order valence-electron chi connectivity index (χ0n) is 15.7. The van der Waals surface area contributed by atoms with Gasteiger partial charge in [0.25, 0.3) is 0 Å². The van der Waals surface area contributed by atoms with Crippen LogP contribution in [-0.4, -0.2) is 21.7 Å². The molecule has 2 heterocycles. The molecule has 6 nitrogen and oxygen atoms in total. The number of pyridine rings is 1. The Morgan fingerprint density at radius 1 is 1.11 bits per heavy atom. The van der Waals surface area contributed by atoms with Gasteiger partial charge in [0, 0.05) is 30.9 Å². The van der Waals surface area contributed by atoms with Crippen molar-refractivity contribution in [2.24, 2.45) is 0 Å². The molecule has 2 amide bonds. The Kier molecular flexibility index (Phi) is 6.57. The van der Waals surface area contributed by atoms with Crippen molar-refractivity contribution in [1.82, 2.24) is 15.2 Å². The van der Waals surface area contributed by atoms with E-state index in [1.807, 2.05) is 30.3 Å². The van der Waals surface area contributed by atoms with E-state index >= 15 is 0 Å². The lowest BCUT2D eigenvalue weighted by atomic mass is 10.1. The molecule has 28 heavy (non-hydrogen) atoms. The standard InChI is InChI=1S/C22H23N3O3/c1-2-20(26)25(16-19-11-7-13-28-19)21(18-10-6-12-23-15-18)22(27)24-14-17-8-4-3-5-9-17/h3-13,15,21H,2,14,16H2,1H3,(H,24,27). The molecule has 0 spiro atoms. The summed E-state index contributed by atoms with van der Waals surface area (Å²) in [7, 11) is 0. The minimum absolute atomic E-state index is 0.139. The maximum Gasteiger partial charge on any atom is 0.247 e. The molecule has 0 bridgehead atoms. The van der Waals surface area contributed by atoms with Crippen LogP contribution in [0.5, 0.6) is 0 Å². The first-order chi connectivity index (χ1) is 13.7. The Bertz CT molecular complexity index is 880. The molecule has 1 atom stereocenters. The third-order valence-electron chi connectivity index (χ3n) is 4.40. The van der Waals surface area contributed by atoms with Gasteiger partial charge in [-0.15, -0.1) is 0 Å². The number of nitrogens with zero attached hydrogens (tertiary/aromatic N) is 2. The summed E-state index contributed by atoms with van der Waals surface area (Å²) in [6, 6.07) is 16.0. The van der Waals surface area contributed by atoms with Crippen molar-refractivity contribution in [2.45, 2.75) is 32.5 Å². The highest BCUT2D eigenvalue weighted by atomic mass is 16.3. The van der Waals surface area contributed by atoms with Gasteiger partial charge in [0.15, 0.2) is 0 Å². The molecular weight excluding hydrogens is 354 g/mol. The van der Waals surface area contributed by atoms with Crippen LogP contribution in [0.25, 0.3) is 0 Å². The number of hydrogen-bond donors (Lipinski definition) is 1. The lowest BCUT2D eigenvalue weighted by molar-refractivity contribution is -0.141. The zero-order chi connectivity index (χ0) is 19.8. The number of benzene rings is 1. The molecule has 0 aliphatic carbocycles. The molecule has 6 heteroatoms. The number of carbonyl (C=O) groups excluding carboxylic acids is 2. The normalized spacial score (nSPS) is 11.6. The van der Waals surface area contributed by atoms with E-state index in [2.05, 4.69) is 10.3 Å². The highest BCUT2D eigenvalue weighted by Crippen LogP contribution is 2.24. The molecule has 0 saturated carbocycles. The molecule has 1 aromatic carbocycles. The molecule has 2 aromatic heterocycles. The summed E-state index contributed by atoms with van der Waals surface area (Å²) in [5.41, 5.74) is 1.64. The van der Waals surface area contributed by atoms with Crippen LogP contribution in [0.4, 0.5) is 0 Å². The van der Waals surface area contributed by atoms with Gasteiger partial charge in [-0.2, -0.15) is 0 Å². The first kappa shape index (κ1) is 19.4. The van der Waals surface area contributed by atoms with Crippen LogP contribution in [-0.2, 0) is 22.7 Å². The van der Waals surface area contributed by atoms with E-state index in [0.29, 0.717) is 17.9 Å². The molecule has 0 aliphatic heterocycles. The Morgan fingerprint density at radius 2 is 1.93 bits per heavy atom. The molecule has 3 rings (SSSR count). The topological polar surface area (TPSA) is 75.4 Å². The molecule has 1 unspecified atom stereocenters. The van der Waals surface area contributed by atoms with Crippen LogP contribution >= 0.6 is 0 Å². The van der Waals surface area contributed by atoms with Gasteiger partial charge in [0.2, 0.25) is 11.8 Å². The van der Waals surface area contributed by atoms with Gasteiger partial charge in [0.1, 0.15) is 11.8 Å². The van der Waals surface area contributed by atoms with Crippen molar-refractivity contribution in [3.05, 3.63) is 90.1 Å².